The second kappa shape index (κ2) is 6.85. The van der Waals surface area contributed by atoms with Gasteiger partial charge in [-0.15, -0.1) is 0 Å². The van der Waals surface area contributed by atoms with E-state index in [2.05, 4.69) is 11.5 Å². The van der Waals surface area contributed by atoms with E-state index in [4.69, 9.17) is 20.7 Å². The number of aliphatic hydroxyl groups excluding tert-OH is 1. The zero-order valence-electron chi connectivity index (χ0n) is 6.60. The molecule has 0 aromatic rings. The van der Waals surface area contributed by atoms with Crippen LogP contribution in [0, 0.1) is 5.41 Å². The van der Waals surface area contributed by atoms with Crippen LogP contribution in [0.25, 0.3) is 0 Å². The Morgan fingerprint density at radius 3 is 1.69 bits per heavy atom. The van der Waals surface area contributed by atoms with Crippen LogP contribution in [0.1, 0.15) is 6.42 Å². The molecule has 0 saturated carbocycles. The van der Waals surface area contributed by atoms with Gasteiger partial charge < -0.3 is 26.8 Å². The van der Waals surface area contributed by atoms with Crippen LogP contribution in [-0.4, -0.2) is 39.3 Å². The summed E-state index contributed by atoms with van der Waals surface area (Å²) in [6, 6.07) is 0. The van der Waals surface area contributed by atoms with E-state index in [0.29, 0.717) is 0 Å². The molecule has 1 unspecified atom stereocenters. The first kappa shape index (κ1) is 13.7. The normalized spacial score (nSPS) is 10.5. The third-order valence-electron chi connectivity index (χ3n) is 0.653. The molecule has 0 heterocycles. The van der Waals surface area contributed by atoms with Gasteiger partial charge in [-0.3, -0.25) is 10.2 Å². The summed E-state index contributed by atoms with van der Waals surface area (Å²) in [6.45, 7) is 0. The third kappa shape index (κ3) is 17.8. The lowest BCUT2D eigenvalue weighted by Gasteiger charge is -1.97. The number of rotatable bonds is 3. The third-order valence-corrected chi connectivity index (χ3v) is 0.653. The lowest BCUT2D eigenvalue weighted by Crippen LogP contribution is -2.22. The molecular weight excluding hydrogens is 182 g/mol. The summed E-state index contributed by atoms with van der Waals surface area (Å²) >= 11 is 0. The zero-order valence-corrected chi connectivity index (χ0v) is 6.60. The van der Waals surface area contributed by atoms with Gasteiger partial charge in [0.15, 0.2) is 12.1 Å². The molecule has 8 heteroatoms. The number of guanidine groups is 1. The van der Waals surface area contributed by atoms with Crippen LogP contribution < -0.4 is 11.5 Å². The largest absolute Gasteiger partial charge is 0.481 e. The highest BCUT2D eigenvalue weighted by molar-refractivity contribution is 5.79. The van der Waals surface area contributed by atoms with Gasteiger partial charge in [0.1, 0.15) is 0 Å². The van der Waals surface area contributed by atoms with E-state index in [-0.39, 0.29) is 5.96 Å². The molecule has 0 aromatic heterocycles. The van der Waals surface area contributed by atoms with Gasteiger partial charge in [0.25, 0.3) is 0 Å². The zero-order chi connectivity index (χ0) is 11.0. The van der Waals surface area contributed by atoms with E-state index in [1.54, 1.807) is 0 Å². The van der Waals surface area contributed by atoms with Crippen LogP contribution in [-0.2, 0) is 9.59 Å². The van der Waals surface area contributed by atoms with Crippen molar-refractivity contribution in [3.8, 4) is 0 Å². The second-order valence-electron chi connectivity index (χ2n) is 1.91. The fourth-order valence-electron chi connectivity index (χ4n) is 0.253. The highest BCUT2D eigenvalue weighted by atomic mass is 16.4. The second-order valence-corrected chi connectivity index (χ2v) is 1.91. The Balaban J connectivity index is 0. The van der Waals surface area contributed by atoms with E-state index >= 15 is 0 Å². The molecule has 0 fully saturated rings. The van der Waals surface area contributed by atoms with Crippen LogP contribution in [0.3, 0.4) is 0 Å². The number of hydrogen-bond donors (Lipinski definition) is 6. The van der Waals surface area contributed by atoms with Crippen LogP contribution >= 0.6 is 0 Å². The molecule has 13 heavy (non-hydrogen) atoms. The Bertz CT molecular complexity index is 200. The minimum atomic E-state index is -1.79. The average molecular weight is 193 g/mol. The minimum Gasteiger partial charge on any atom is -0.481 e. The lowest BCUT2D eigenvalue weighted by atomic mass is 10.3. The molecule has 0 bridgehead atoms. The molecule has 0 amide bonds. The summed E-state index contributed by atoms with van der Waals surface area (Å²) in [6.07, 6.45) is -2.54. The predicted molar refractivity (Wildman–Crippen MR) is 42.0 cm³/mol. The number of aliphatic carboxylic acids is 2. The molecule has 0 radical (unpaired) electrons. The minimum absolute atomic E-state index is 0.333. The molecule has 8 N–H and O–H groups in total. The number of aliphatic hydroxyl groups is 1. The summed E-state index contributed by atoms with van der Waals surface area (Å²) < 4.78 is 0. The van der Waals surface area contributed by atoms with Crippen molar-refractivity contribution in [2.75, 3.05) is 0 Å². The quantitative estimate of drug-likeness (QED) is 0.217. The standard InChI is InChI=1S/C4H6O5.CH5N3/c5-2(4(8)9)1-3(6)7;2-1(3)4/h2,5H,1H2,(H,6,7)(H,8,9);(H5,2,3,4). The first-order valence-corrected chi connectivity index (χ1v) is 2.99. The topological polar surface area (TPSA) is 171 Å². The van der Waals surface area contributed by atoms with E-state index in [1.165, 1.54) is 0 Å². The summed E-state index contributed by atoms with van der Waals surface area (Å²) in [5.41, 5.74) is 8.94. The Labute approximate surface area is 73.3 Å². The molecule has 0 aliphatic heterocycles. The van der Waals surface area contributed by atoms with Crippen LogP contribution in [0.15, 0.2) is 0 Å². The van der Waals surface area contributed by atoms with Gasteiger partial charge in [0, 0.05) is 0 Å². The van der Waals surface area contributed by atoms with Crippen molar-refractivity contribution in [1.82, 2.24) is 0 Å². The van der Waals surface area contributed by atoms with E-state index in [1.807, 2.05) is 0 Å². The van der Waals surface area contributed by atoms with Gasteiger partial charge in [-0.05, 0) is 0 Å². The van der Waals surface area contributed by atoms with Crippen LogP contribution in [0.5, 0.6) is 0 Å². The van der Waals surface area contributed by atoms with E-state index < -0.39 is 24.5 Å². The van der Waals surface area contributed by atoms with Crippen molar-refractivity contribution in [1.29, 1.82) is 5.41 Å². The fraction of sp³-hybridized carbons (Fsp3) is 0.400. The van der Waals surface area contributed by atoms with Gasteiger partial charge in [-0.1, -0.05) is 0 Å². The molecule has 0 spiro atoms. The number of carboxylic acid groups (broad SMARTS) is 2. The van der Waals surface area contributed by atoms with Crippen molar-refractivity contribution in [3.63, 3.8) is 0 Å². The summed E-state index contributed by atoms with van der Waals surface area (Å²) in [5, 5.41) is 30.2. The number of carboxylic acids is 2. The van der Waals surface area contributed by atoms with Gasteiger partial charge in [0.05, 0.1) is 6.42 Å². The molecule has 8 nitrogen and oxygen atoms in total. The Hall–Kier alpha value is -1.83. The Kier molecular flexibility index (Phi) is 7.24. The van der Waals surface area contributed by atoms with Crippen molar-refractivity contribution >= 4 is 17.9 Å². The first-order chi connectivity index (χ1) is 5.77. The van der Waals surface area contributed by atoms with Gasteiger partial charge >= 0.3 is 11.9 Å². The molecule has 76 valence electrons. The summed E-state index contributed by atoms with van der Waals surface area (Å²) in [4.78, 5) is 19.4. The van der Waals surface area contributed by atoms with Crippen molar-refractivity contribution in [3.05, 3.63) is 0 Å². The van der Waals surface area contributed by atoms with Crippen molar-refractivity contribution < 1.29 is 24.9 Å². The first-order valence-electron chi connectivity index (χ1n) is 2.99. The molecule has 1 atom stereocenters. The number of nitrogens with one attached hydrogen (secondary N) is 1. The molecule has 0 aliphatic carbocycles. The molecular formula is C5H11N3O5. The summed E-state index contributed by atoms with van der Waals surface area (Å²) in [7, 11) is 0. The van der Waals surface area contributed by atoms with Crippen LogP contribution in [0.4, 0.5) is 0 Å². The smallest absolute Gasteiger partial charge is 0.333 e. The maximum Gasteiger partial charge on any atom is 0.333 e. The fourth-order valence-corrected chi connectivity index (χ4v) is 0.253. The molecule has 0 aliphatic rings. The average Bonchev–Trinajstić information content (AvgIpc) is 1.83. The monoisotopic (exact) mass is 193 g/mol. The number of nitrogens with two attached hydrogens (primary N) is 2. The highest BCUT2D eigenvalue weighted by Gasteiger charge is 2.16. The molecule has 0 rings (SSSR count). The van der Waals surface area contributed by atoms with Gasteiger partial charge in [-0.25, -0.2) is 4.79 Å². The number of carbonyl (C=O) groups is 2. The van der Waals surface area contributed by atoms with Gasteiger partial charge in [-0.2, -0.15) is 0 Å². The Morgan fingerprint density at radius 2 is 1.62 bits per heavy atom. The summed E-state index contributed by atoms with van der Waals surface area (Å²) in [5.74, 6) is -3.18. The maximum atomic E-state index is 9.72. The molecule has 0 saturated heterocycles. The lowest BCUT2D eigenvalue weighted by molar-refractivity contribution is -0.152. The van der Waals surface area contributed by atoms with Gasteiger partial charge in [0.2, 0.25) is 0 Å². The highest BCUT2D eigenvalue weighted by Crippen LogP contribution is 1.89. The van der Waals surface area contributed by atoms with E-state index in [9.17, 15) is 9.59 Å². The predicted octanol–water partition coefficient (Wildman–Crippen LogP) is -2.25. The Morgan fingerprint density at radius 1 is 1.31 bits per heavy atom. The van der Waals surface area contributed by atoms with Crippen LogP contribution in [0.2, 0.25) is 0 Å². The SMILES string of the molecule is N=C(N)N.O=C(O)CC(O)C(=O)O. The maximum absolute atomic E-state index is 9.72. The molecule has 0 aromatic carbocycles. The van der Waals surface area contributed by atoms with Crippen molar-refractivity contribution in [2.45, 2.75) is 12.5 Å². The van der Waals surface area contributed by atoms with Crippen molar-refractivity contribution in [2.24, 2.45) is 11.5 Å². The van der Waals surface area contributed by atoms with E-state index in [0.717, 1.165) is 0 Å². The number of hydrogen-bond acceptors (Lipinski definition) is 4.